The minimum absolute atomic E-state index is 0.0972. The van der Waals surface area contributed by atoms with Gasteiger partial charge in [-0.2, -0.15) is 0 Å². The van der Waals surface area contributed by atoms with Gasteiger partial charge in [0.2, 0.25) is 0 Å². The van der Waals surface area contributed by atoms with Gasteiger partial charge in [-0.25, -0.2) is 0 Å². The lowest BCUT2D eigenvalue weighted by atomic mass is 9.86. The van der Waals surface area contributed by atoms with Crippen LogP contribution in [0.25, 0.3) is 0 Å². The molecule has 0 fully saturated rings. The van der Waals surface area contributed by atoms with Crippen LogP contribution in [0.3, 0.4) is 0 Å². The van der Waals surface area contributed by atoms with Gasteiger partial charge in [0.1, 0.15) is 5.78 Å². The highest BCUT2D eigenvalue weighted by Gasteiger charge is 2.19. The fourth-order valence-electron chi connectivity index (χ4n) is 0.249. The van der Waals surface area contributed by atoms with Crippen LogP contribution in [0.2, 0.25) is 0 Å². The van der Waals surface area contributed by atoms with E-state index in [1.807, 2.05) is 34.6 Å². The molecular weight excluding hydrogens is 124 g/mol. The number of carbonyl (C=O) groups is 1. The molecule has 0 bridgehead atoms. The molecule has 1 nitrogen and oxygen atoms in total. The van der Waals surface area contributed by atoms with Crippen molar-refractivity contribution in [3.63, 3.8) is 0 Å². The molecule has 0 heterocycles. The van der Waals surface area contributed by atoms with Crippen molar-refractivity contribution in [2.24, 2.45) is 5.41 Å². The van der Waals surface area contributed by atoms with Crippen LogP contribution in [0.5, 0.6) is 0 Å². The van der Waals surface area contributed by atoms with Gasteiger partial charge in [-0.05, 0) is 13.3 Å². The van der Waals surface area contributed by atoms with Crippen molar-refractivity contribution in [3.05, 3.63) is 0 Å². The van der Waals surface area contributed by atoms with Gasteiger partial charge in [0.15, 0.2) is 0 Å². The zero-order chi connectivity index (χ0) is 8.78. The van der Waals surface area contributed by atoms with Gasteiger partial charge < -0.3 is 0 Å². The van der Waals surface area contributed by atoms with Crippen LogP contribution >= 0.6 is 0 Å². The Bertz CT molecular complexity index is 92.9. The summed E-state index contributed by atoms with van der Waals surface area (Å²) >= 11 is 0. The standard InChI is InChI=1S/C7H14O.C2H6/c1-5-7(3,4)6(2)8;1-2/h5H2,1-4H3;1-2H3. The molecule has 10 heavy (non-hydrogen) atoms. The Morgan fingerprint density at radius 2 is 1.60 bits per heavy atom. The minimum atomic E-state index is -0.0972. The van der Waals surface area contributed by atoms with E-state index in [0.29, 0.717) is 0 Å². The summed E-state index contributed by atoms with van der Waals surface area (Å²) in [5.41, 5.74) is -0.0972. The van der Waals surface area contributed by atoms with Crippen LogP contribution in [-0.2, 0) is 4.79 Å². The van der Waals surface area contributed by atoms with E-state index in [1.165, 1.54) is 0 Å². The van der Waals surface area contributed by atoms with Crippen molar-refractivity contribution in [2.45, 2.75) is 48.0 Å². The maximum absolute atomic E-state index is 10.7. The molecule has 0 saturated heterocycles. The Labute approximate surface area is 64.8 Å². The maximum atomic E-state index is 10.7. The predicted molar refractivity (Wildman–Crippen MR) is 46.1 cm³/mol. The summed E-state index contributed by atoms with van der Waals surface area (Å²) in [7, 11) is 0. The third kappa shape index (κ3) is 4.54. The molecule has 0 aromatic heterocycles. The molecule has 0 unspecified atom stereocenters. The van der Waals surface area contributed by atoms with Gasteiger partial charge >= 0.3 is 0 Å². The van der Waals surface area contributed by atoms with Crippen molar-refractivity contribution in [1.29, 1.82) is 0 Å². The average molecular weight is 144 g/mol. The summed E-state index contributed by atoms with van der Waals surface area (Å²) < 4.78 is 0. The highest BCUT2D eigenvalue weighted by molar-refractivity contribution is 5.81. The molecule has 0 radical (unpaired) electrons. The smallest absolute Gasteiger partial charge is 0.135 e. The molecule has 0 rings (SSSR count). The van der Waals surface area contributed by atoms with Gasteiger partial charge in [0, 0.05) is 5.41 Å². The van der Waals surface area contributed by atoms with Crippen LogP contribution in [0.15, 0.2) is 0 Å². The minimum Gasteiger partial charge on any atom is -0.299 e. The number of ketones is 1. The lowest BCUT2D eigenvalue weighted by molar-refractivity contribution is -0.124. The van der Waals surface area contributed by atoms with Crippen LogP contribution in [0, 0.1) is 5.41 Å². The van der Waals surface area contributed by atoms with E-state index < -0.39 is 0 Å². The molecule has 0 aliphatic rings. The Hall–Kier alpha value is -0.330. The fourth-order valence-corrected chi connectivity index (χ4v) is 0.249. The molecule has 0 aliphatic heterocycles. The van der Waals surface area contributed by atoms with E-state index in [0.717, 1.165) is 6.42 Å². The van der Waals surface area contributed by atoms with Crippen molar-refractivity contribution in [2.75, 3.05) is 0 Å². The summed E-state index contributed by atoms with van der Waals surface area (Å²) in [6.07, 6.45) is 0.933. The number of rotatable bonds is 2. The molecule has 0 aromatic carbocycles. The summed E-state index contributed by atoms with van der Waals surface area (Å²) in [6.45, 7) is 11.6. The molecule has 0 spiro atoms. The van der Waals surface area contributed by atoms with E-state index in [1.54, 1.807) is 6.92 Å². The quantitative estimate of drug-likeness (QED) is 0.582. The molecular formula is C9H20O. The highest BCUT2D eigenvalue weighted by atomic mass is 16.1. The van der Waals surface area contributed by atoms with Crippen molar-refractivity contribution < 1.29 is 4.79 Å². The summed E-state index contributed by atoms with van der Waals surface area (Å²) in [4.78, 5) is 10.7. The number of Topliss-reactive ketones (excluding diaryl/α,β-unsaturated/α-hetero) is 1. The first-order valence-corrected chi connectivity index (χ1v) is 4.01. The van der Waals surface area contributed by atoms with E-state index >= 15 is 0 Å². The molecule has 0 aliphatic carbocycles. The second-order valence-electron chi connectivity index (χ2n) is 2.79. The molecule has 0 amide bonds. The van der Waals surface area contributed by atoms with E-state index in [-0.39, 0.29) is 11.2 Å². The Morgan fingerprint density at radius 1 is 1.30 bits per heavy atom. The predicted octanol–water partition coefficient (Wildman–Crippen LogP) is 3.04. The third-order valence-corrected chi connectivity index (χ3v) is 1.84. The first kappa shape index (κ1) is 12.4. The average Bonchev–Trinajstić information content (AvgIpc) is 1.92. The van der Waals surface area contributed by atoms with Gasteiger partial charge in [-0.15, -0.1) is 0 Å². The van der Waals surface area contributed by atoms with Crippen molar-refractivity contribution >= 4 is 5.78 Å². The molecule has 0 N–H and O–H groups in total. The van der Waals surface area contributed by atoms with Gasteiger partial charge in [-0.1, -0.05) is 34.6 Å². The summed E-state index contributed by atoms with van der Waals surface area (Å²) in [5.74, 6) is 0.278. The zero-order valence-electron chi connectivity index (χ0n) is 8.12. The van der Waals surface area contributed by atoms with E-state index in [2.05, 4.69) is 0 Å². The second kappa shape index (κ2) is 5.45. The second-order valence-corrected chi connectivity index (χ2v) is 2.79. The number of hydrogen-bond donors (Lipinski definition) is 0. The monoisotopic (exact) mass is 144 g/mol. The first-order valence-electron chi connectivity index (χ1n) is 4.01. The topological polar surface area (TPSA) is 17.1 Å². The normalized spacial score (nSPS) is 9.80. The van der Waals surface area contributed by atoms with Gasteiger partial charge in [0.25, 0.3) is 0 Å². The van der Waals surface area contributed by atoms with Gasteiger partial charge in [0.05, 0.1) is 0 Å². The highest BCUT2D eigenvalue weighted by Crippen LogP contribution is 2.19. The number of carbonyl (C=O) groups excluding carboxylic acids is 1. The molecule has 62 valence electrons. The molecule has 0 atom stereocenters. The Morgan fingerprint density at radius 3 is 1.60 bits per heavy atom. The van der Waals surface area contributed by atoms with Crippen molar-refractivity contribution in [3.8, 4) is 0 Å². The lowest BCUT2D eigenvalue weighted by Crippen LogP contribution is -2.19. The zero-order valence-corrected chi connectivity index (χ0v) is 8.12. The summed E-state index contributed by atoms with van der Waals surface area (Å²) in [6, 6.07) is 0. The SMILES string of the molecule is CC.CCC(C)(C)C(C)=O. The van der Waals surface area contributed by atoms with E-state index in [4.69, 9.17) is 0 Å². The fraction of sp³-hybridized carbons (Fsp3) is 0.889. The molecule has 0 aromatic rings. The van der Waals surface area contributed by atoms with Crippen LogP contribution in [0.4, 0.5) is 0 Å². The van der Waals surface area contributed by atoms with Crippen LogP contribution in [0.1, 0.15) is 48.0 Å². The van der Waals surface area contributed by atoms with Crippen LogP contribution < -0.4 is 0 Å². The summed E-state index contributed by atoms with van der Waals surface area (Å²) in [5, 5.41) is 0. The maximum Gasteiger partial charge on any atom is 0.135 e. The lowest BCUT2D eigenvalue weighted by Gasteiger charge is -2.17. The Balaban J connectivity index is 0. The van der Waals surface area contributed by atoms with Crippen LogP contribution in [-0.4, -0.2) is 5.78 Å². The molecule has 1 heteroatoms. The van der Waals surface area contributed by atoms with Crippen molar-refractivity contribution in [1.82, 2.24) is 0 Å². The largest absolute Gasteiger partial charge is 0.299 e. The number of hydrogen-bond acceptors (Lipinski definition) is 1. The first-order chi connectivity index (χ1) is 4.50. The Kier molecular flexibility index (Phi) is 6.74. The van der Waals surface area contributed by atoms with Gasteiger partial charge in [-0.3, -0.25) is 4.79 Å². The van der Waals surface area contributed by atoms with E-state index in [9.17, 15) is 4.79 Å². The molecule has 0 saturated carbocycles. The third-order valence-electron chi connectivity index (χ3n) is 1.84.